The number of anilines is 1. The quantitative estimate of drug-likeness (QED) is 0.628. The van der Waals surface area contributed by atoms with Crippen LogP contribution in [0.15, 0.2) is 28.7 Å². The fourth-order valence-corrected chi connectivity index (χ4v) is 2.29. The highest BCUT2D eigenvalue weighted by atomic mass is 79.9. The number of halogens is 1. The van der Waals surface area contributed by atoms with E-state index in [1.807, 2.05) is 0 Å². The summed E-state index contributed by atoms with van der Waals surface area (Å²) in [6.07, 6.45) is 0. The molecule has 2 N–H and O–H groups in total. The number of rotatable bonds is 4. The first-order chi connectivity index (χ1) is 10.0. The maximum atomic E-state index is 12.1. The number of ketones is 1. The summed E-state index contributed by atoms with van der Waals surface area (Å²) in [5.74, 6) is -2.26. The Morgan fingerprint density at radius 3 is 2.48 bits per heavy atom. The van der Waals surface area contributed by atoms with Crippen LogP contribution in [-0.2, 0) is 4.79 Å². The zero-order chi connectivity index (χ0) is 15.4. The molecule has 108 valence electrons. The number of Topliss-reactive ketones (excluding diaryl/α,β-unsaturated/α-hetero) is 1. The van der Waals surface area contributed by atoms with Crippen molar-refractivity contribution in [2.24, 2.45) is 0 Å². The molecule has 9 heteroatoms. The molecular weight excluding hydrogens is 360 g/mol. The topological polar surface area (TPSA) is 101 Å². The van der Waals surface area contributed by atoms with Crippen LogP contribution in [0, 0.1) is 0 Å². The minimum atomic E-state index is -0.839. The summed E-state index contributed by atoms with van der Waals surface area (Å²) in [6, 6.07) is 6.88. The predicted molar refractivity (Wildman–Crippen MR) is 80.4 cm³/mol. The van der Waals surface area contributed by atoms with Crippen LogP contribution in [0.4, 0.5) is 5.69 Å². The van der Waals surface area contributed by atoms with Crippen LogP contribution >= 0.6 is 27.5 Å². The van der Waals surface area contributed by atoms with Gasteiger partial charge in [0.25, 0.3) is 17.6 Å². The Hall–Kier alpha value is -2.13. The Morgan fingerprint density at radius 2 is 1.86 bits per heavy atom. The van der Waals surface area contributed by atoms with Crippen LogP contribution < -0.4 is 10.6 Å². The number of amides is 2. The van der Waals surface area contributed by atoms with E-state index in [9.17, 15) is 14.4 Å². The number of benzene rings is 1. The molecule has 0 saturated heterocycles. The highest BCUT2D eigenvalue weighted by Gasteiger charge is 2.26. The summed E-state index contributed by atoms with van der Waals surface area (Å²) < 4.78 is 4.43. The normalized spacial score (nSPS) is 10.0. The lowest BCUT2D eigenvalue weighted by Gasteiger charge is -2.04. The number of carbonyl (C=O) groups excluding carboxylic acids is 3. The van der Waals surface area contributed by atoms with Gasteiger partial charge >= 0.3 is 0 Å². The Kier molecular flexibility index (Phi) is 4.76. The molecule has 2 aromatic rings. The highest BCUT2D eigenvalue weighted by Crippen LogP contribution is 2.17. The molecule has 0 radical (unpaired) electrons. The van der Waals surface area contributed by atoms with E-state index in [4.69, 9.17) is 0 Å². The van der Waals surface area contributed by atoms with Crippen molar-refractivity contribution in [2.45, 2.75) is 0 Å². The summed E-state index contributed by atoms with van der Waals surface area (Å²) >= 11 is 3.99. The Labute approximate surface area is 132 Å². The van der Waals surface area contributed by atoms with Crippen molar-refractivity contribution in [3.05, 3.63) is 39.3 Å². The Balaban J connectivity index is 2.21. The van der Waals surface area contributed by atoms with E-state index in [-0.39, 0.29) is 10.6 Å². The van der Waals surface area contributed by atoms with Gasteiger partial charge in [0.05, 0.1) is 0 Å². The van der Waals surface area contributed by atoms with E-state index in [2.05, 4.69) is 36.2 Å². The zero-order valence-electron chi connectivity index (χ0n) is 10.7. The standard InChI is InChI=1S/C12H9BrN4O3S/c1-14-12(20)9(18)10-8(16-17-21-10)11(19)15-7-4-2-6(13)3-5-7/h2-5H,1H3,(H,14,20)(H,15,19). The average Bonchev–Trinajstić information content (AvgIpc) is 2.97. The maximum Gasteiger partial charge on any atom is 0.293 e. The molecule has 2 rings (SSSR count). The van der Waals surface area contributed by atoms with Crippen molar-refractivity contribution >= 4 is 50.7 Å². The third kappa shape index (κ3) is 3.50. The van der Waals surface area contributed by atoms with Crippen molar-refractivity contribution in [2.75, 3.05) is 12.4 Å². The van der Waals surface area contributed by atoms with Crippen LogP contribution in [0.25, 0.3) is 0 Å². The zero-order valence-corrected chi connectivity index (χ0v) is 13.1. The summed E-state index contributed by atoms with van der Waals surface area (Å²) in [5.41, 5.74) is 0.367. The monoisotopic (exact) mass is 368 g/mol. The second kappa shape index (κ2) is 6.55. The molecule has 0 fully saturated rings. The smallest absolute Gasteiger partial charge is 0.293 e. The minimum Gasteiger partial charge on any atom is -0.352 e. The van der Waals surface area contributed by atoms with Crippen LogP contribution in [0.5, 0.6) is 0 Å². The lowest BCUT2D eigenvalue weighted by atomic mass is 10.2. The fourth-order valence-electron chi connectivity index (χ4n) is 1.43. The number of carbonyl (C=O) groups is 3. The predicted octanol–water partition coefficient (Wildman–Crippen LogP) is 1.48. The number of aromatic nitrogens is 2. The van der Waals surface area contributed by atoms with Gasteiger partial charge in [0, 0.05) is 17.2 Å². The van der Waals surface area contributed by atoms with E-state index in [1.54, 1.807) is 24.3 Å². The molecule has 21 heavy (non-hydrogen) atoms. The van der Waals surface area contributed by atoms with E-state index in [0.29, 0.717) is 17.2 Å². The van der Waals surface area contributed by atoms with Gasteiger partial charge in [0.1, 0.15) is 4.88 Å². The van der Waals surface area contributed by atoms with Crippen molar-refractivity contribution in [1.82, 2.24) is 14.9 Å². The number of nitrogens with zero attached hydrogens (tertiary/aromatic N) is 2. The van der Waals surface area contributed by atoms with E-state index >= 15 is 0 Å². The Bertz CT molecular complexity index is 699. The lowest BCUT2D eigenvalue weighted by molar-refractivity contribution is -0.116. The van der Waals surface area contributed by atoms with Crippen molar-refractivity contribution in [3.63, 3.8) is 0 Å². The summed E-state index contributed by atoms with van der Waals surface area (Å²) in [4.78, 5) is 35.1. The highest BCUT2D eigenvalue weighted by molar-refractivity contribution is 9.10. The maximum absolute atomic E-state index is 12.1. The van der Waals surface area contributed by atoms with Crippen molar-refractivity contribution in [3.8, 4) is 0 Å². The molecule has 0 atom stereocenters. The summed E-state index contributed by atoms with van der Waals surface area (Å²) in [5, 5.41) is 8.40. The molecule has 0 bridgehead atoms. The molecule has 7 nitrogen and oxygen atoms in total. The molecule has 1 aromatic carbocycles. The summed E-state index contributed by atoms with van der Waals surface area (Å²) in [7, 11) is 1.33. The molecule has 0 aliphatic rings. The minimum absolute atomic E-state index is 0.0936. The number of likely N-dealkylation sites (N-methyl/N-ethyl adjacent to an activating group) is 1. The van der Waals surface area contributed by atoms with Crippen LogP contribution in [0.3, 0.4) is 0 Å². The second-order valence-corrected chi connectivity index (χ2v) is 5.49. The van der Waals surface area contributed by atoms with Gasteiger partial charge < -0.3 is 10.6 Å². The molecule has 2 amide bonds. The number of nitrogens with one attached hydrogen (secondary N) is 2. The van der Waals surface area contributed by atoms with E-state index < -0.39 is 17.6 Å². The lowest BCUT2D eigenvalue weighted by Crippen LogP contribution is -2.28. The van der Waals surface area contributed by atoms with Gasteiger partial charge in [-0.15, -0.1) is 5.10 Å². The first-order valence-corrected chi connectivity index (χ1v) is 7.25. The third-order valence-electron chi connectivity index (χ3n) is 2.44. The van der Waals surface area contributed by atoms with Gasteiger partial charge in [-0.3, -0.25) is 14.4 Å². The molecule has 0 saturated carbocycles. The largest absolute Gasteiger partial charge is 0.352 e. The van der Waals surface area contributed by atoms with E-state index in [0.717, 1.165) is 4.47 Å². The van der Waals surface area contributed by atoms with Gasteiger partial charge in [-0.1, -0.05) is 20.4 Å². The first kappa shape index (κ1) is 15.3. The SMILES string of the molecule is CNC(=O)C(=O)c1snnc1C(=O)Nc1ccc(Br)cc1. The molecule has 1 aromatic heterocycles. The van der Waals surface area contributed by atoms with Gasteiger partial charge in [-0.05, 0) is 35.8 Å². The molecule has 1 heterocycles. The average molecular weight is 369 g/mol. The second-order valence-electron chi connectivity index (χ2n) is 3.82. The molecule has 0 unspecified atom stereocenters. The number of hydrogen-bond donors (Lipinski definition) is 2. The van der Waals surface area contributed by atoms with Crippen LogP contribution in [-0.4, -0.2) is 34.2 Å². The van der Waals surface area contributed by atoms with E-state index in [1.165, 1.54) is 7.05 Å². The van der Waals surface area contributed by atoms with Gasteiger partial charge in [0.15, 0.2) is 5.69 Å². The van der Waals surface area contributed by atoms with Crippen molar-refractivity contribution in [1.29, 1.82) is 0 Å². The molecule has 0 spiro atoms. The Morgan fingerprint density at radius 1 is 1.19 bits per heavy atom. The molecular formula is C12H9BrN4O3S. The molecule has 0 aliphatic carbocycles. The fraction of sp³-hybridized carbons (Fsp3) is 0.0833. The van der Waals surface area contributed by atoms with Gasteiger partial charge in [-0.2, -0.15) is 0 Å². The van der Waals surface area contributed by atoms with Gasteiger partial charge in [-0.25, -0.2) is 0 Å². The third-order valence-corrected chi connectivity index (χ3v) is 3.70. The number of hydrogen-bond acceptors (Lipinski definition) is 6. The molecule has 0 aliphatic heterocycles. The van der Waals surface area contributed by atoms with Crippen molar-refractivity contribution < 1.29 is 14.4 Å². The summed E-state index contributed by atoms with van der Waals surface area (Å²) in [6.45, 7) is 0. The van der Waals surface area contributed by atoms with Gasteiger partial charge in [0.2, 0.25) is 0 Å². The first-order valence-electron chi connectivity index (χ1n) is 5.68. The van der Waals surface area contributed by atoms with Crippen LogP contribution in [0.1, 0.15) is 20.2 Å². The van der Waals surface area contributed by atoms with Crippen LogP contribution in [0.2, 0.25) is 0 Å².